The maximum absolute atomic E-state index is 11.9. The van der Waals surface area contributed by atoms with E-state index in [9.17, 15) is 9.59 Å². The van der Waals surface area contributed by atoms with E-state index in [1.54, 1.807) is 37.1 Å². The van der Waals surface area contributed by atoms with Crippen LogP contribution in [-0.4, -0.2) is 43.2 Å². The van der Waals surface area contributed by atoms with Gasteiger partial charge in [-0.1, -0.05) is 0 Å². The van der Waals surface area contributed by atoms with Crippen LogP contribution in [0.4, 0.5) is 5.82 Å². The lowest BCUT2D eigenvalue weighted by atomic mass is 10.2. The number of likely N-dealkylation sites (N-methyl/N-ethyl adjacent to an activating group) is 1. The zero-order chi connectivity index (χ0) is 15.0. The Morgan fingerprint density at radius 2 is 1.90 bits per heavy atom. The van der Waals surface area contributed by atoms with E-state index in [0.717, 1.165) is 0 Å². The quantitative estimate of drug-likeness (QED) is 0.707. The summed E-state index contributed by atoms with van der Waals surface area (Å²) in [6.45, 7) is 6.56. The van der Waals surface area contributed by atoms with Gasteiger partial charge < -0.3 is 14.4 Å². The molecule has 1 aromatic rings. The number of aromatic nitrogens is 1. The summed E-state index contributed by atoms with van der Waals surface area (Å²) in [4.78, 5) is 29.3. The molecule has 0 bridgehead atoms. The van der Waals surface area contributed by atoms with Gasteiger partial charge in [-0.25, -0.2) is 9.78 Å². The van der Waals surface area contributed by atoms with Crippen molar-refractivity contribution in [3.8, 4) is 0 Å². The second-order valence-corrected chi connectivity index (χ2v) is 3.91. The fourth-order valence-electron chi connectivity index (χ4n) is 1.72. The number of anilines is 1. The van der Waals surface area contributed by atoms with Crippen molar-refractivity contribution in [3.05, 3.63) is 23.9 Å². The van der Waals surface area contributed by atoms with Crippen molar-refractivity contribution < 1.29 is 19.1 Å². The Morgan fingerprint density at radius 3 is 2.50 bits per heavy atom. The Labute approximate surface area is 118 Å². The average molecular weight is 280 g/mol. The number of hydrogen-bond acceptors (Lipinski definition) is 6. The third-order valence-electron chi connectivity index (χ3n) is 2.59. The molecule has 0 aliphatic heterocycles. The largest absolute Gasteiger partial charge is 0.465 e. The minimum Gasteiger partial charge on any atom is -0.465 e. The summed E-state index contributed by atoms with van der Waals surface area (Å²) in [5, 5.41) is 0. The number of ether oxygens (including phenoxy) is 2. The average Bonchev–Trinajstić information content (AvgIpc) is 2.45. The highest BCUT2D eigenvalue weighted by Crippen LogP contribution is 2.18. The zero-order valence-corrected chi connectivity index (χ0v) is 12.1. The van der Waals surface area contributed by atoms with Gasteiger partial charge in [0, 0.05) is 12.7 Å². The van der Waals surface area contributed by atoms with E-state index in [4.69, 9.17) is 9.47 Å². The molecule has 1 rings (SSSR count). The highest BCUT2D eigenvalue weighted by atomic mass is 16.5. The number of hydrogen-bond donors (Lipinski definition) is 0. The molecule has 0 radical (unpaired) electrons. The van der Waals surface area contributed by atoms with Crippen LogP contribution in [0.15, 0.2) is 18.3 Å². The Balaban J connectivity index is 2.97. The van der Waals surface area contributed by atoms with Gasteiger partial charge >= 0.3 is 11.9 Å². The summed E-state index contributed by atoms with van der Waals surface area (Å²) >= 11 is 0. The summed E-state index contributed by atoms with van der Waals surface area (Å²) in [5.41, 5.74) is 0.348. The van der Waals surface area contributed by atoms with Gasteiger partial charge in [0.25, 0.3) is 0 Å². The van der Waals surface area contributed by atoms with E-state index in [-0.39, 0.29) is 19.1 Å². The first-order chi connectivity index (χ1) is 9.63. The molecule has 20 heavy (non-hydrogen) atoms. The van der Waals surface area contributed by atoms with Gasteiger partial charge in [-0.3, -0.25) is 4.79 Å². The van der Waals surface area contributed by atoms with Crippen LogP contribution in [0.2, 0.25) is 0 Å². The highest BCUT2D eigenvalue weighted by Gasteiger charge is 2.20. The minimum absolute atomic E-state index is 0.0494. The monoisotopic (exact) mass is 280 g/mol. The topological polar surface area (TPSA) is 68.7 Å². The number of pyridine rings is 1. The maximum Gasteiger partial charge on any atom is 0.341 e. The predicted octanol–water partition coefficient (Wildman–Crippen LogP) is 1.65. The third-order valence-corrected chi connectivity index (χ3v) is 2.59. The molecule has 0 aliphatic rings. The zero-order valence-electron chi connectivity index (χ0n) is 12.1. The lowest BCUT2D eigenvalue weighted by molar-refractivity contribution is -0.141. The van der Waals surface area contributed by atoms with Crippen molar-refractivity contribution in [2.45, 2.75) is 20.8 Å². The molecular weight excluding hydrogens is 260 g/mol. The molecule has 0 unspecified atom stereocenters. The van der Waals surface area contributed by atoms with Crippen molar-refractivity contribution in [2.24, 2.45) is 0 Å². The van der Waals surface area contributed by atoms with E-state index in [1.807, 2.05) is 6.92 Å². The van der Waals surface area contributed by atoms with Crippen molar-refractivity contribution in [3.63, 3.8) is 0 Å². The summed E-state index contributed by atoms with van der Waals surface area (Å²) in [6, 6.07) is 3.29. The van der Waals surface area contributed by atoms with E-state index < -0.39 is 5.97 Å². The van der Waals surface area contributed by atoms with Crippen LogP contribution in [-0.2, 0) is 14.3 Å². The van der Waals surface area contributed by atoms with Gasteiger partial charge in [0.1, 0.15) is 17.9 Å². The molecule has 0 aliphatic carbocycles. The molecule has 0 fully saturated rings. The molecule has 1 aromatic heterocycles. The van der Waals surface area contributed by atoms with Gasteiger partial charge in [-0.15, -0.1) is 0 Å². The van der Waals surface area contributed by atoms with Gasteiger partial charge in [0.2, 0.25) is 0 Å². The molecule has 0 spiro atoms. The smallest absolute Gasteiger partial charge is 0.341 e. The first kappa shape index (κ1) is 15.9. The molecular formula is C14H20N2O4. The summed E-state index contributed by atoms with van der Waals surface area (Å²) in [6.07, 6.45) is 1.58. The minimum atomic E-state index is -0.446. The van der Waals surface area contributed by atoms with Crippen molar-refractivity contribution in [2.75, 3.05) is 31.2 Å². The van der Waals surface area contributed by atoms with Crippen LogP contribution in [0.5, 0.6) is 0 Å². The SMILES string of the molecule is CCOC(=O)CN(CC)c1ncccc1C(=O)OCC. The van der Waals surface area contributed by atoms with E-state index in [2.05, 4.69) is 4.98 Å². The van der Waals surface area contributed by atoms with Crippen LogP contribution < -0.4 is 4.90 Å². The third kappa shape index (κ3) is 4.22. The lowest BCUT2D eigenvalue weighted by Gasteiger charge is -2.22. The van der Waals surface area contributed by atoms with E-state index in [0.29, 0.717) is 24.5 Å². The highest BCUT2D eigenvalue weighted by molar-refractivity contribution is 5.95. The molecule has 0 aromatic carbocycles. The van der Waals surface area contributed by atoms with Gasteiger partial charge in [-0.2, -0.15) is 0 Å². The van der Waals surface area contributed by atoms with Crippen molar-refractivity contribution >= 4 is 17.8 Å². The standard InChI is InChI=1S/C14H20N2O4/c1-4-16(10-12(17)19-5-2)13-11(8-7-9-15-13)14(18)20-6-3/h7-9H,4-6,10H2,1-3H3. The molecule has 0 N–H and O–H groups in total. The Kier molecular flexibility index (Phi) is 6.49. The molecule has 6 nitrogen and oxygen atoms in total. The number of carbonyl (C=O) groups is 2. The predicted molar refractivity (Wildman–Crippen MR) is 74.7 cm³/mol. The molecule has 0 atom stereocenters. The van der Waals surface area contributed by atoms with Crippen molar-refractivity contribution in [1.29, 1.82) is 0 Å². The number of carbonyl (C=O) groups excluding carboxylic acids is 2. The normalized spacial score (nSPS) is 9.95. The van der Waals surface area contributed by atoms with Gasteiger partial charge in [-0.05, 0) is 32.9 Å². The second-order valence-electron chi connectivity index (χ2n) is 3.91. The first-order valence-electron chi connectivity index (χ1n) is 6.66. The number of nitrogens with zero attached hydrogens (tertiary/aromatic N) is 2. The summed E-state index contributed by atoms with van der Waals surface area (Å²) in [5.74, 6) is -0.366. The van der Waals surface area contributed by atoms with Crippen LogP contribution in [0.25, 0.3) is 0 Å². The summed E-state index contributed by atoms with van der Waals surface area (Å²) in [7, 11) is 0. The Morgan fingerprint density at radius 1 is 1.20 bits per heavy atom. The number of esters is 2. The van der Waals surface area contributed by atoms with Crippen LogP contribution >= 0.6 is 0 Å². The molecule has 0 saturated heterocycles. The number of rotatable bonds is 7. The molecule has 1 heterocycles. The maximum atomic E-state index is 11.9. The molecule has 6 heteroatoms. The van der Waals surface area contributed by atoms with Gasteiger partial charge in [0.05, 0.1) is 13.2 Å². The molecule has 0 amide bonds. The Bertz CT molecular complexity index is 462. The molecule has 0 saturated carbocycles. The van der Waals surface area contributed by atoms with Crippen molar-refractivity contribution in [1.82, 2.24) is 4.98 Å². The van der Waals surface area contributed by atoms with E-state index >= 15 is 0 Å². The lowest BCUT2D eigenvalue weighted by Crippen LogP contribution is -2.33. The van der Waals surface area contributed by atoms with E-state index in [1.165, 1.54) is 0 Å². The fourth-order valence-corrected chi connectivity index (χ4v) is 1.72. The van der Waals surface area contributed by atoms with Gasteiger partial charge in [0.15, 0.2) is 0 Å². The van der Waals surface area contributed by atoms with Crippen LogP contribution in [0.3, 0.4) is 0 Å². The van der Waals surface area contributed by atoms with Crippen LogP contribution in [0, 0.1) is 0 Å². The van der Waals surface area contributed by atoms with Crippen LogP contribution in [0.1, 0.15) is 31.1 Å². The fraction of sp³-hybridized carbons (Fsp3) is 0.500. The first-order valence-corrected chi connectivity index (χ1v) is 6.66. The Hall–Kier alpha value is -2.11. The molecule has 110 valence electrons. The summed E-state index contributed by atoms with van der Waals surface area (Å²) < 4.78 is 9.91. The second kappa shape index (κ2) is 8.14.